The molecule has 1 N–H and O–H groups in total. The second-order valence-electron chi connectivity index (χ2n) is 4.07. The number of aryl methyl sites for hydroxylation is 1. The lowest BCUT2D eigenvalue weighted by molar-refractivity contribution is -0.141. The fourth-order valence-electron chi connectivity index (χ4n) is 1.71. The van der Waals surface area contributed by atoms with E-state index in [1.807, 2.05) is 19.1 Å². The molecule has 0 amide bonds. The molecule has 1 rings (SSSR count). The zero-order valence-electron chi connectivity index (χ0n) is 10.3. The monoisotopic (exact) mass is 256 g/mol. The Bertz CT molecular complexity index is 415. The van der Waals surface area contributed by atoms with Crippen LogP contribution in [0, 0.1) is 5.92 Å². The number of hydrogen-bond donors (Lipinski definition) is 1. The van der Waals surface area contributed by atoms with Crippen molar-refractivity contribution in [2.45, 2.75) is 26.7 Å². The van der Waals surface area contributed by atoms with Crippen LogP contribution in [0.25, 0.3) is 0 Å². The summed E-state index contributed by atoms with van der Waals surface area (Å²) in [6, 6.07) is 3.82. The van der Waals surface area contributed by atoms with Crippen molar-refractivity contribution in [1.29, 1.82) is 0 Å². The van der Waals surface area contributed by atoms with E-state index in [4.69, 9.17) is 21.4 Å². The molecule has 0 aliphatic rings. The molecule has 17 heavy (non-hydrogen) atoms. The maximum absolute atomic E-state index is 10.9. The predicted molar refractivity (Wildman–Crippen MR) is 67.9 cm³/mol. The van der Waals surface area contributed by atoms with E-state index in [1.54, 1.807) is 14.0 Å². The highest BCUT2D eigenvalue weighted by molar-refractivity contribution is 6.32. The number of carboxylic acids is 1. The lowest BCUT2D eigenvalue weighted by atomic mass is 9.98. The van der Waals surface area contributed by atoms with Gasteiger partial charge in [-0.15, -0.1) is 0 Å². The summed E-state index contributed by atoms with van der Waals surface area (Å²) in [4.78, 5) is 10.9. The highest BCUT2D eigenvalue weighted by atomic mass is 35.5. The van der Waals surface area contributed by atoms with Crippen molar-refractivity contribution in [2.75, 3.05) is 7.11 Å². The van der Waals surface area contributed by atoms with Crippen molar-refractivity contribution in [3.63, 3.8) is 0 Å². The summed E-state index contributed by atoms with van der Waals surface area (Å²) in [6.45, 7) is 3.71. The Labute approximate surface area is 106 Å². The molecule has 0 aliphatic heterocycles. The van der Waals surface area contributed by atoms with Gasteiger partial charge in [-0.1, -0.05) is 31.5 Å². The first kappa shape index (κ1) is 13.8. The summed E-state index contributed by atoms with van der Waals surface area (Å²) >= 11 is 6.10. The topological polar surface area (TPSA) is 46.5 Å². The van der Waals surface area contributed by atoms with Gasteiger partial charge in [-0.25, -0.2) is 0 Å². The van der Waals surface area contributed by atoms with Crippen LogP contribution in [0.5, 0.6) is 5.75 Å². The normalized spacial score (nSPS) is 12.2. The van der Waals surface area contributed by atoms with Gasteiger partial charge >= 0.3 is 5.97 Å². The minimum atomic E-state index is -0.815. The number of hydrogen-bond acceptors (Lipinski definition) is 2. The molecule has 0 aliphatic carbocycles. The second kappa shape index (κ2) is 5.92. The van der Waals surface area contributed by atoms with E-state index in [1.165, 1.54) is 0 Å². The molecule has 0 spiro atoms. The molecule has 3 nitrogen and oxygen atoms in total. The maximum atomic E-state index is 10.9. The van der Waals surface area contributed by atoms with Gasteiger partial charge in [-0.3, -0.25) is 4.79 Å². The van der Waals surface area contributed by atoms with Gasteiger partial charge < -0.3 is 9.84 Å². The third-order valence-corrected chi connectivity index (χ3v) is 3.02. The zero-order valence-corrected chi connectivity index (χ0v) is 11.0. The van der Waals surface area contributed by atoms with Crippen molar-refractivity contribution in [2.24, 2.45) is 5.92 Å². The summed E-state index contributed by atoms with van der Waals surface area (Å²) in [6.07, 6.45) is 1.28. The summed E-state index contributed by atoms with van der Waals surface area (Å²) in [7, 11) is 1.54. The molecule has 0 aromatic heterocycles. The third-order valence-electron chi connectivity index (χ3n) is 2.74. The molecule has 94 valence electrons. The Morgan fingerprint density at radius 2 is 2.18 bits per heavy atom. The maximum Gasteiger partial charge on any atom is 0.306 e. The molecule has 0 fully saturated rings. The summed E-state index contributed by atoms with van der Waals surface area (Å²) in [5.74, 6) is -0.686. The van der Waals surface area contributed by atoms with Crippen LogP contribution in [0.2, 0.25) is 5.02 Å². The Morgan fingerprint density at radius 1 is 1.53 bits per heavy atom. The minimum Gasteiger partial charge on any atom is -0.495 e. The molecule has 1 aromatic carbocycles. The number of benzene rings is 1. The Hall–Kier alpha value is -1.22. The number of methoxy groups -OCH3 is 1. The van der Waals surface area contributed by atoms with E-state index < -0.39 is 11.9 Å². The molecule has 0 saturated heterocycles. The molecule has 1 atom stereocenters. The van der Waals surface area contributed by atoms with Crippen LogP contribution in [0.4, 0.5) is 0 Å². The zero-order chi connectivity index (χ0) is 13.0. The fraction of sp³-hybridized carbons (Fsp3) is 0.462. The van der Waals surface area contributed by atoms with E-state index >= 15 is 0 Å². The van der Waals surface area contributed by atoms with Crippen LogP contribution < -0.4 is 4.74 Å². The number of carboxylic acid groups (broad SMARTS) is 1. The van der Waals surface area contributed by atoms with E-state index in [0.717, 1.165) is 17.5 Å². The lowest BCUT2D eigenvalue weighted by Gasteiger charge is -2.14. The fourth-order valence-corrected chi connectivity index (χ4v) is 2.05. The van der Waals surface area contributed by atoms with Crippen LogP contribution in [0.1, 0.15) is 25.0 Å². The van der Waals surface area contributed by atoms with E-state index in [2.05, 4.69) is 0 Å². The Balaban J connectivity index is 3.11. The average Bonchev–Trinajstić information content (AvgIpc) is 2.28. The first-order valence-electron chi connectivity index (χ1n) is 5.57. The first-order chi connectivity index (χ1) is 7.99. The summed E-state index contributed by atoms with van der Waals surface area (Å²) in [5, 5.41) is 9.47. The van der Waals surface area contributed by atoms with Crippen LogP contribution in [-0.2, 0) is 17.6 Å². The summed E-state index contributed by atoms with van der Waals surface area (Å²) < 4.78 is 5.23. The van der Waals surface area contributed by atoms with Crippen molar-refractivity contribution in [1.82, 2.24) is 0 Å². The summed E-state index contributed by atoms with van der Waals surface area (Å²) in [5.41, 5.74) is 1.94. The predicted octanol–water partition coefficient (Wildman–Crippen LogP) is 3.17. The average molecular weight is 257 g/mol. The number of aliphatic carboxylic acids is 1. The number of ether oxygens (including phenoxy) is 1. The van der Waals surface area contributed by atoms with E-state index in [0.29, 0.717) is 17.2 Å². The molecular weight excluding hydrogens is 240 g/mol. The van der Waals surface area contributed by atoms with Crippen molar-refractivity contribution >= 4 is 17.6 Å². The largest absolute Gasteiger partial charge is 0.495 e. The van der Waals surface area contributed by atoms with E-state index in [-0.39, 0.29) is 0 Å². The van der Waals surface area contributed by atoms with Gasteiger partial charge in [0, 0.05) is 0 Å². The van der Waals surface area contributed by atoms with Gasteiger partial charge in [0.15, 0.2) is 0 Å². The number of rotatable bonds is 5. The van der Waals surface area contributed by atoms with Gasteiger partial charge in [0.05, 0.1) is 18.1 Å². The minimum absolute atomic E-state index is 0.423. The third kappa shape index (κ3) is 3.37. The van der Waals surface area contributed by atoms with Crippen LogP contribution in [0.15, 0.2) is 12.1 Å². The van der Waals surface area contributed by atoms with Crippen LogP contribution in [-0.4, -0.2) is 18.2 Å². The molecule has 0 radical (unpaired) electrons. The van der Waals surface area contributed by atoms with Gasteiger partial charge in [-0.2, -0.15) is 0 Å². The van der Waals surface area contributed by atoms with Crippen molar-refractivity contribution in [3.8, 4) is 5.75 Å². The number of carbonyl (C=O) groups is 1. The SMILES string of the molecule is CCc1cc(Cl)c(OC)c(CC(C)C(=O)O)c1. The molecular formula is C13H17ClO3. The van der Waals surface area contributed by atoms with Gasteiger partial charge in [0.2, 0.25) is 0 Å². The second-order valence-corrected chi connectivity index (χ2v) is 4.47. The van der Waals surface area contributed by atoms with Crippen LogP contribution in [0.3, 0.4) is 0 Å². The highest BCUT2D eigenvalue weighted by Crippen LogP contribution is 2.32. The molecule has 1 aromatic rings. The van der Waals surface area contributed by atoms with Gasteiger partial charge in [0.25, 0.3) is 0 Å². The standard InChI is InChI=1S/C13H17ClO3/c1-4-9-6-10(5-8(2)13(15)16)12(17-3)11(14)7-9/h6-8H,4-5H2,1-3H3,(H,15,16). The van der Waals surface area contributed by atoms with E-state index in [9.17, 15) is 4.79 Å². The highest BCUT2D eigenvalue weighted by Gasteiger charge is 2.17. The quantitative estimate of drug-likeness (QED) is 0.880. The number of halogens is 1. The molecule has 4 heteroatoms. The molecule has 0 saturated carbocycles. The molecule has 1 unspecified atom stereocenters. The van der Waals surface area contributed by atoms with Crippen molar-refractivity contribution < 1.29 is 14.6 Å². The molecule has 0 bridgehead atoms. The van der Waals surface area contributed by atoms with Gasteiger partial charge in [0.1, 0.15) is 5.75 Å². The first-order valence-corrected chi connectivity index (χ1v) is 5.95. The smallest absolute Gasteiger partial charge is 0.306 e. The Morgan fingerprint density at radius 3 is 2.65 bits per heavy atom. The van der Waals surface area contributed by atoms with Crippen LogP contribution >= 0.6 is 11.6 Å². The lowest BCUT2D eigenvalue weighted by Crippen LogP contribution is -2.13. The van der Waals surface area contributed by atoms with Crippen molar-refractivity contribution in [3.05, 3.63) is 28.3 Å². The Kier molecular flexibility index (Phi) is 4.82. The van der Waals surface area contributed by atoms with Gasteiger partial charge in [-0.05, 0) is 30.0 Å². The molecule has 0 heterocycles.